The summed E-state index contributed by atoms with van der Waals surface area (Å²) in [4.78, 5) is 27.2. The van der Waals surface area contributed by atoms with Crippen molar-refractivity contribution < 1.29 is 22.7 Å². The number of nitrogens with one attached hydrogen (secondary N) is 1. The Morgan fingerprint density at radius 2 is 1.68 bits per heavy atom. The second-order valence-corrected chi connectivity index (χ2v) is 13.3. The third kappa shape index (κ3) is 7.07. The molecule has 1 aliphatic rings. The molecule has 1 saturated carbocycles. The molecule has 3 heterocycles. The van der Waals surface area contributed by atoms with Gasteiger partial charge in [0.2, 0.25) is 5.88 Å². The molecule has 5 rings (SSSR count). The highest BCUT2D eigenvalue weighted by Gasteiger charge is 2.36. The lowest BCUT2D eigenvalue weighted by Crippen LogP contribution is -2.33. The molecule has 0 bridgehead atoms. The van der Waals surface area contributed by atoms with Crippen LogP contribution in [0.2, 0.25) is 0 Å². The van der Waals surface area contributed by atoms with Crippen molar-refractivity contribution in [2.45, 2.75) is 71.1 Å². The number of aromatic nitrogens is 3. The van der Waals surface area contributed by atoms with Crippen molar-refractivity contribution in [3.8, 4) is 22.9 Å². The summed E-state index contributed by atoms with van der Waals surface area (Å²) in [7, 11) is -4.28. The quantitative estimate of drug-likeness (QED) is 0.216. The van der Waals surface area contributed by atoms with Crippen LogP contribution in [-0.2, 0) is 16.6 Å². The number of aryl methyl sites for hydroxylation is 1. The van der Waals surface area contributed by atoms with Crippen LogP contribution in [0.5, 0.6) is 11.6 Å². The van der Waals surface area contributed by atoms with Crippen molar-refractivity contribution in [3.63, 3.8) is 0 Å². The van der Waals surface area contributed by atoms with Crippen LogP contribution in [0, 0.1) is 18.8 Å². The van der Waals surface area contributed by atoms with Gasteiger partial charge in [-0.3, -0.25) is 9.78 Å². The van der Waals surface area contributed by atoms with Crippen molar-refractivity contribution in [2.24, 2.45) is 11.8 Å². The number of amides is 1. The number of ether oxygens (including phenoxy) is 2. The van der Waals surface area contributed by atoms with Gasteiger partial charge >= 0.3 is 0 Å². The van der Waals surface area contributed by atoms with Crippen molar-refractivity contribution in [3.05, 3.63) is 95.4 Å². The van der Waals surface area contributed by atoms with Crippen LogP contribution >= 0.6 is 0 Å². The standard InChI is InChI=1S/C34H38N4O5S/c1-21(2)43-30-17-13-26(19-35-30)28-15-14-27(33(37-28)32-22(3)11-12-23(32)4)34(39)38-44(40,41)31-18-16-29(24(5)36-31)42-20-25-9-7-6-8-10-25/h6-10,13-19,21-23,32H,11-12,20H2,1-5H3,(H,38,39)/t22-,23+,32?. The first-order valence-corrected chi connectivity index (χ1v) is 16.4. The average molecular weight is 615 g/mol. The number of rotatable bonds is 10. The number of pyridine rings is 3. The summed E-state index contributed by atoms with van der Waals surface area (Å²) in [5.41, 5.74) is 3.62. The Morgan fingerprint density at radius 1 is 0.955 bits per heavy atom. The number of nitrogens with zero attached hydrogens (tertiary/aromatic N) is 3. The molecule has 3 aromatic heterocycles. The van der Waals surface area contributed by atoms with Crippen LogP contribution < -0.4 is 14.2 Å². The molecule has 9 nitrogen and oxygen atoms in total. The molecule has 1 N–H and O–H groups in total. The summed E-state index contributed by atoms with van der Waals surface area (Å²) in [5, 5.41) is -0.265. The van der Waals surface area contributed by atoms with Gasteiger partial charge in [0, 0.05) is 23.7 Å². The minimum Gasteiger partial charge on any atom is -0.487 e. The molecule has 0 radical (unpaired) electrons. The highest BCUT2D eigenvalue weighted by molar-refractivity contribution is 7.90. The second kappa shape index (κ2) is 13.1. The van der Waals surface area contributed by atoms with Gasteiger partial charge < -0.3 is 9.47 Å². The van der Waals surface area contributed by atoms with E-state index in [1.807, 2.05) is 50.2 Å². The van der Waals surface area contributed by atoms with E-state index in [1.54, 1.807) is 37.4 Å². The van der Waals surface area contributed by atoms with Gasteiger partial charge in [0.1, 0.15) is 12.4 Å². The highest BCUT2D eigenvalue weighted by atomic mass is 32.2. The van der Waals surface area contributed by atoms with E-state index in [0.29, 0.717) is 35.3 Å². The number of hydrogen-bond donors (Lipinski definition) is 1. The molecule has 3 atom stereocenters. The maximum atomic E-state index is 13.6. The summed E-state index contributed by atoms with van der Waals surface area (Å²) in [6.07, 6.45) is 3.70. The number of sulfonamides is 1. The summed E-state index contributed by atoms with van der Waals surface area (Å²) in [6, 6.07) is 19.6. The van der Waals surface area contributed by atoms with Crippen molar-refractivity contribution >= 4 is 15.9 Å². The molecule has 44 heavy (non-hydrogen) atoms. The molecule has 0 aliphatic heterocycles. The van der Waals surface area contributed by atoms with Gasteiger partial charge in [0.15, 0.2) is 5.03 Å². The SMILES string of the molecule is Cc1nc(S(=O)(=O)NC(=O)c2ccc(-c3ccc(OC(C)C)nc3)nc2C2[C@H](C)CC[C@@H]2C)ccc1OCc1ccccc1. The van der Waals surface area contributed by atoms with E-state index in [4.69, 9.17) is 14.5 Å². The van der Waals surface area contributed by atoms with Crippen molar-refractivity contribution in [2.75, 3.05) is 0 Å². The Kier molecular flexibility index (Phi) is 9.29. The fourth-order valence-corrected chi connectivity index (χ4v) is 6.66. The zero-order valence-electron chi connectivity index (χ0n) is 25.7. The summed E-state index contributed by atoms with van der Waals surface area (Å²) in [5.74, 6) is 0.795. The van der Waals surface area contributed by atoms with Gasteiger partial charge in [-0.2, -0.15) is 8.42 Å². The van der Waals surface area contributed by atoms with E-state index >= 15 is 0 Å². The average Bonchev–Trinajstić information content (AvgIpc) is 3.33. The third-order valence-corrected chi connectivity index (χ3v) is 9.16. The van der Waals surface area contributed by atoms with Crippen LogP contribution in [0.1, 0.15) is 73.8 Å². The Morgan fingerprint density at radius 3 is 2.32 bits per heavy atom. The fraction of sp³-hybridized carbons (Fsp3) is 0.353. The highest BCUT2D eigenvalue weighted by Crippen LogP contribution is 2.44. The normalized spacial score (nSPS) is 18.3. The molecule has 0 saturated heterocycles. The third-order valence-electron chi connectivity index (χ3n) is 7.93. The molecule has 1 aromatic carbocycles. The smallest absolute Gasteiger partial charge is 0.281 e. The fourth-order valence-electron chi connectivity index (χ4n) is 5.70. The minimum atomic E-state index is -4.28. The molecule has 4 aromatic rings. The van der Waals surface area contributed by atoms with Gasteiger partial charge in [0.05, 0.1) is 28.7 Å². The minimum absolute atomic E-state index is 0.00233. The monoisotopic (exact) mass is 614 g/mol. The molecule has 230 valence electrons. The van der Waals surface area contributed by atoms with E-state index in [9.17, 15) is 13.2 Å². The van der Waals surface area contributed by atoms with Crippen LogP contribution in [0.4, 0.5) is 0 Å². The zero-order valence-corrected chi connectivity index (χ0v) is 26.5. The zero-order chi connectivity index (χ0) is 31.4. The number of benzene rings is 1. The van der Waals surface area contributed by atoms with Crippen LogP contribution in [-0.4, -0.2) is 35.4 Å². The van der Waals surface area contributed by atoms with Crippen LogP contribution in [0.15, 0.2) is 78.0 Å². The summed E-state index contributed by atoms with van der Waals surface area (Å²) < 4.78 is 40.4. The predicted octanol–water partition coefficient (Wildman–Crippen LogP) is 6.48. The largest absolute Gasteiger partial charge is 0.487 e. The van der Waals surface area contributed by atoms with Gasteiger partial charge in [0.25, 0.3) is 15.9 Å². The van der Waals surface area contributed by atoms with E-state index in [-0.39, 0.29) is 34.4 Å². The molecule has 10 heteroatoms. The Hall–Kier alpha value is -4.31. The summed E-state index contributed by atoms with van der Waals surface area (Å²) in [6.45, 7) is 10.2. The van der Waals surface area contributed by atoms with Gasteiger partial charge in [-0.25, -0.2) is 14.7 Å². The van der Waals surface area contributed by atoms with Gasteiger partial charge in [-0.05, 0) is 81.3 Å². The number of carbonyl (C=O) groups excluding carboxylic acids is 1. The molecule has 1 unspecified atom stereocenters. The van der Waals surface area contributed by atoms with Crippen LogP contribution in [0.25, 0.3) is 11.3 Å². The Balaban J connectivity index is 1.40. The number of carbonyl (C=O) groups is 1. The van der Waals surface area contributed by atoms with Crippen molar-refractivity contribution in [1.29, 1.82) is 0 Å². The molecule has 1 aliphatic carbocycles. The predicted molar refractivity (Wildman–Crippen MR) is 168 cm³/mol. The maximum Gasteiger partial charge on any atom is 0.281 e. The lowest BCUT2D eigenvalue weighted by molar-refractivity contribution is 0.0979. The number of hydrogen-bond acceptors (Lipinski definition) is 8. The Bertz CT molecular complexity index is 1720. The molecular formula is C34H38N4O5S. The van der Waals surface area contributed by atoms with E-state index in [2.05, 4.69) is 28.5 Å². The lowest BCUT2D eigenvalue weighted by atomic mass is 9.85. The van der Waals surface area contributed by atoms with Crippen LogP contribution in [0.3, 0.4) is 0 Å². The first kappa shape index (κ1) is 31.1. The van der Waals surface area contributed by atoms with E-state index < -0.39 is 15.9 Å². The first-order chi connectivity index (χ1) is 21.0. The second-order valence-electron chi connectivity index (χ2n) is 11.7. The van der Waals surface area contributed by atoms with E-state index in [0.717, 1.165) is 24.0 Å². The van der Waals surface area contributed by atoms with Gasteiger partial charge in [-0.15, -0.1) is 0 Å². The molecule has 1 amide bonds. The van der Waals surface area contributed by atoms with E-state index in [1.165, 1.54) is 6.07 Å². The lowest BCUT2D eigenvalue weighted by Gasteiger charge is -2.23. The summed E-state index contributed by atoms with van der Waals surface area (Å²) >= 11 is 0. The maximum absolute atomic E-state index is 13.6. The van der Waals surface area contributed by atoms with Gasteiger partial charge in [-0.1, -0.05) is 44.2 Å². The van der Waals surface area contributed by atoms with Crippen molar-refractivity contribution in [1.82, 2.24) is 19.7 Å². The molecule has 0 spiro atoms. The molecular weight excluding hydrogens is 576 g/mol. The molecule has 1 fully saturated rings. The Labute approximate surface area is 259 Å². The first-order valence-electron chi connectivity index (χ1n) is 14.9. The topological polar surface area (TPSA) is 120 Å².